The van der Waals surface area contributed by atoms with Crippen molar-refractivity contribution in [1.82, 2.24) is 24.3 Å². The molecule has 3 aromatic heterocycles. The highest BCUT2D eigenvalue weighted by Crippen LogP contribution is 2.28. The standard InChI is InChI=1S/C27H30N6O2/c1-35-25-7-6-22(15-24(25)31-17-21-4-2-9-28-16-21)27(34)32-11-3-5-20(8-12-32)14-23-19-33-13-10-29-26(33)18-30-23/h2,4,6-7,9-10,13,15-16,18-20,31H,3,5,8,11-12,14,17H2,1H3. The lowest BCUT2D eigenvalue weighted by atomic mass is 9.95. The first-order chi connectivity index (χ1) is 17.2. The van der Waals surface area contributed by atoms with Crippen molar-refractivity contribution in [1.29, 1.82) is 0 Å². The second kappa shape index (κ2) is 10.5. The second-order valence-corrected chi connectivity index (χ2v) is 8.99. The molecule has 4 heterocycles. The molecule has 1 aromatic carbocycles. The van der Waals surface area contributed by atoms with Gasteiger partial charge in [-0.2, -0.15) is 0 Å². The van der Waals surface area contributed by atoms with Crippen LogP contribution in [-0.2, 0) is 13.0 Å². The Bertz CT molecular complexity index is 1290. The number of rotatable bonds is 7. The molecular weight excluding hydrogens is 440 g/mol. The first-order valence-corrected chi connectivity index (χ1v) is 12.1. The van der Waals surface area contributed by atoms with Gasteiger partial charge in [-0.1, -0.05) is 6.07 Å². The highest BCUT2D eigenvalue weighted by atomic mass is 16.5. The van der Waals surface area contributed by atoms with Crippen LogP contribution in [0.25, 0.3) is 5.65 Å². The minimum Gasteiger partial charge on any atom is -0.495 e. The number of aromatic nitrogens is 4. The Morgan fingerprint density at radius 3 is 2.94 bits per heavy atom. The average molecular weight is 471 g/mol. The monoisotopic (exact) mass is 470 g/mol. The summed E-state index contributed by atoms with van der Waals surface area (Å²) in [6.07, 6.45) is 15.2. The Morgan fingerprint density at radius 2 is 2.09 bits per heavy atom. The number of amides is 1. The van der Waals surface area contributed by atoms with E-state index >= 15 is 0 Å². The number of nitrogens with one attached hydrogen (secondary N) is 1. The summed E-state index contributed by atoms with van der Waals surface area (Å²) in [7, 11) is 1.64. The fourth-order valence-electron chi connectivity index (χ4n) is 4.70. The van der Waals surface area contributed by atoms with Crippen LogP contribution in [0.4, 0.5) is 5.69 Å². The lowest BCUT2D eigenvalue weighted by Crippen LogP contribution is -2.32. The number of hydrogen-bond acceptors (Lipinski definition) is 6. The van der Waals surface area contributed by atoms with Gasteiger partial charge in [0.2, 0.25) is 0 Å². The number of pyridine rings is 1. The molecule has 1 fully saturated rings. The third-order valence-electron chi connectivity index (χ3n) is 6.62. The van der Waals surface area contributed by atoms with Crippen LogP contribution in [-0.4, -0.2) is 50.4 Å². The maximum absolute atomic E-state index is 13.4. The van der Waals surface area contributed by atoms with Gasteiger partial charge in [-0.05, 0) is 61.4 Å². The van der Waals surface area contributed by atoms with Crippen LogP contribution in [0.15, 0.2) is 67.5 Å². The molecule has 4 aromatic rings. The van der Waals surface area contributed by atoms with E-state index in [1.54, 1.807) is 19.5 Å². The predicted octanol–water partition coefficient (Wildman–Crippen LogP) is 4.23. The molecule has 1 unspecified atom stereocenters. The Labute approximate surface area is 205 Å². The fraction of sp³-hybridized carbons (Fsp3) is 0.333. The van der Waals surface area contributed by atoms with Crippen molar-refractivity contribution < 1.29 is 9.53 Å². The number of ether oxygens (including phenoxy) is 1. The maximum Gasteiger partial charge on any atom is 0.253 e. The molecule has 0 aliphatic carbocycles. The van der Waals surface area contributed by atoms with Gasteiger partial charge in [0.15, 0.2) is 5.65 Å². The number of carbonyl (C=O) groups is 1. The van der Waals surface area contributed by atoms with E-state index < -0.39 is 0 Å². The molecule has 1 N–H and O–H groups in total. The Kier molecular flexibility index (Phi) is 6.88. The zero-order valence-corrected chi connectivity index (χ0v) is 19.9. The molecule has 0 bridgehead atoms. The zero-order chi connectivity index (χ0) is 24.0. The molecule has 8 heteroatoms. The van der Waals surface area contributed by atoms with Gasteiger partial charge in [-0.3, -0.25) is 14.8 Å². The SMILES string of the molecule is COc1ccc(C(=O)N2CCCC(Cc3cn4ccnc4cn3)CC2)cc1NCc1cccnc1. The Hall–Kier alpha value is -3.94. The molecular formula is C27H30N6O2. The number of carbonyl (C=O) groups excluding carboxylic acids is 1. The summed E-state index contributed by atoms with van der Waals surface area (Å²) in [6.45, 7) is 2.13. The van der Waals surface area contributed by atoms with Crippen molar-refractivity contribution >= 4 is 17.2 Å². The summed E-state index contributed by atoms with van der Waals surface area (Å²) in [5.74, 6) is 1.29. The van der Waals surface area contributed by atoms with Crippen molar-refractivity contribution in [3.63, 3.8) is 0 Å². The molecule has 0 spiro atoms. The third-order valence-corrected chi connectivity index (χ3v) is 6.62. The molecule has 1 saturated heterocycles. The molecule has 5 rings (SSSR count). The minimum atomic E-state index is 0.0655. The van der Waals surface area contributed by atoms with E-state index in [1.165, 1.54) is 0 Å². The topological polar surface area (TPSA) is 84.7 Å². The van der Waals surface area contributed by atoms with E-state index in [0.29, 0.717) is 23.8 Å². The third kappa shape index (κ3) is 5.42. The van der Waals surface area contributed by atoms with Gasteiger partial charge in [0, 0.05) is 56.2 Å². The summed E-state index contributed by atoms with van der Waals surface area (Å²) < 4.78 is 7.52. The van der Waals surface area contributed by atoms with Crippen molar-refractivity contribution in [2.24, 2.45) is 5.92 Å². The summed E-state index contributed by atoms with van der Waals surface area (Å²) >= 11 is 0. The number of anilines is 1. The number of hydrogen-bond donors (Lipinski definition) is 1. The van der Waals surface area contributed by atoms with Crippen LogP contribution in [0.1, 0.15) is 40.9 Å². The molecule has 0 saturated carbocycles. The summed E-state index contributed by atoms with van der Waals surface area (Å²) in [5.41, 5.74) is 4.47. The second-order valence-electron chi connectivity index (χ2n) is 8.99. The van der Waals surface area contributed by atoms with Gasteiger partial charge in [-0.15, -0.1) is 0 Å². The molecule has 1 amide bonds. The van der Waals surface area contributed by atoms with Crippen molar-refractivity contribution in [2.45, 2.75) is 32.2 Å². The van der Waals surface area contributed by atoms with Gasteiger partial charge < -0.3 is 19.4 Å². The van der Waals surface area contributed by atoms with Crippen molar-refractivity contribution in [3.05, 3.63) is 84.3 Å². The maximum atomic E-state index is 13.4. The van der Waals surface area contributed by atoms with Crippen LogP contribution in [0.3, 0.4) is 0 Å². The number of fused-ring (bicyclic) bond motifs is 1. The highest BCUT2D eigenvalue weighted by Gasteiger charge is 2.23. The van der Waals surface area contributed by atoms with Crippen LogP contribution in [0.2, 0.25) is 0 Å². The van der Waals surface area contributed by atoms with E-state index in [4.69, 9.17) is 4.74 Å². The van der Waals surface area contributed by atoms with E-state index in [0.717, 1.165) is 61.4 Å². The largest absolute Gasteiger partial charge is 0.495 e. The van der Waals surface area contributed by atoms with Gasteiger partial charge in [0.1, 0.15) is 5.75 Å². The molecule has 1 aliphatic heterocycles. The van der Waals surface area contributed by atoms with Crippen LogP contribution in [0, 0.1) is 5.92 Å². The van der Waals surface area contributed by atoms with Gasteiger partial charge in [-0.25, -0.2) is 4.98 Å². The first kappa shape index (κ1) is 22.8. The van der Waals surface area contributed by atoms with Crippen LogP contribution in [0.5, 0.6) is 5.75 Å². The fourth-order valence-corrected chi connectivity index (χ4v) is 4.70. The summed E-state index contributed by atoms with van der Waals surface area (Å²) in [5, 5.41) is 3.39. The molecule has 0 radical (unpaired) electrons. The molecule has 180 valence electrons. The molecule has 8 nitrogen and oxygen atoms in total. The number of imidazole rings is 1. The van der Waals surface area contributed by atoms with E-state index in [1.807, 2.05) is 58.2 Å². The molecule has 35 heavy (non-hydrogen) atoms. The quantitative estimate of drug-likeness (QED) is 0.435. The number of nitrogens with zero attached hydrogens (tertiary/aromatic N) is 5. The van der Waals surface area contributed by atoms with Gasteiger partial charge >= 0.3 is 0 Å². The highest BCUT2D eigenvalue weighted by molar-refractivity contribution is 5.95. The summed E-state index contributed by atoms with van der Waals surface area (Å²) in [4.78, 5) is 28.4. The van der Waals surface area contributed by atoms with Gasteiger partial charge in [0.25, 0.3) is 5.91 Å². The number of methoxy groups -OCH3 is 1. The number of benzene rings is 1. The lowest BCUT2D eigenvalue weighted by Gasteiger charge is -2.22. The van der Waals surface area contributed by atoms with E-state index in [9.17, 15) is 4.79 Å². The predicted molar refractivity (Wildman–Crippen MR) is 134 cm³/mol. The van der Waals surface area contributed by atoms with Crippen molar-refractivity contribution in [2.75, 3.05) is 25.5 Å². The van der Waals surface area contributed by atoms with Crippen LogP contribution < -0.4 is 10.1 Å². The average Bonchev–Trinajstić information content (AvgIpc) is 3.25. The minimum absolute atomic E-state index is 0.0655. The molecule has 1 atom stereocenters. The Morgan fingerprint density at radius 1 is 1.14 bits per heavy atom. The normalized spacial score (nSPS) is 16.1. The van der Waals surface area contributed by atoms with Crippen molar-refractivity contribution in [3.8, 4) is 5.75 Å². The van der Waals surface area contributed by atoms with Gasteiger partial charge in [0.05, 0.1) is 24.7 Å². The summed E-state index contributed by atoms with van der Waals surface area (Å²) in [6, 6.07) is 9.52. The van der Waals surface area contributed by atoms with Crippen LogP contribution >= 0.6 is 0 Å². The molecule has 1 aliphatic rings. The lowest BCUT2D eigenvalue weighted by molar-refractivity contribution is 0.0760. The number of likely N-dealkylation sites (tertiary alicyclic amines) is 1. The van der Waals surface area contributed by atoms with E-state index in [2.05, 4.69) is 26.5 Å². The van der Waals surface area contributed by atoms with E-state index in [-0.39, 0.29) is 5.91 Å². The Balaban J connectivity index is 1.23. The smallest absolute Gasteiger partial charge is 0.253 e. The first-order valence-electron chi connectivity index (χ1n) is 12.1. The zero-order valence-electron chi connectivity index (χ0n) is 19.9.